The molecule has 27 heavy (non-hydrogen) atoms. The second kappa shape index (κ2) is 9.62. The summed E-state index contributed by atoms with van der Waals surface area (Å²) in [5.74, 6) is 0.400. The molecule has 1 aliphatic heterocycles. The van der Waals surface area contributed by atoms with Crippen LogP contribution in [0.3, 0.4) is 0 Å². The molecule has 1 fully saturated rings. The molecule has 1 aromatic rings. The maximum Gasteiger partial charge on any atom is 0.226 e. The molecule has 1 saturated heterocycles. The first kappa shape index (κ1) is 20.2. The Morgan fingerprint density at radius 2 is 2.37 bits per heavy atom. The van der Waals surface area contributed by atoms with Gasteiger partial charge in [0.1, 0.15) is 5.01 Å². The number of carbonyl (C=O) groups is 1. The van der Waals surface area contributed by atoms with E-state index in [2.05, 4.69) is 40.8 Å². The molecule has 0 aromatic carbocycles. The van der Waals surface area contributed by atoms with Crippen LogP contribution in [-0.4, -0.2) is 36.7 Å². The summed E-state index contributed by atoms with van der Waals surface area (Å²) in [7, 11) is 1.70. The molecule has 6 heteroatoms. The van der Waals surface area contributed by atoms with Gasteiger partial charge in [0.25, 0.3) is 0 Å². The van der Waals surface area contributed by atoms with Crippen molar-refractivity contribution >= 4 is 17.2 Å². The number of amides is 1. The molecule has 1 aliphatic carbocycles. The van der Waals surface area contributed by atoms with Crippen LogP contribution in [0.15, 0.2) is 35.4 Å². The second-order valence-electron chi connectivity index (χ2n) is 7.68. The Hall–Kier alpha value is -1.50. The molecular formula is C21H31N3O2S. The van der Waals surface area contributed by atoms with Gasteiger partial charge >= 0.3 is 0 Å². The van der Waals surface area contributed by atoms with Crippen molar-refractivity contribution in [2.45, 2.75) is 57.7 Å². The van der Waals surface area contributed by atoms with Crippen molar-refractivity contribution in [1.29, 1.82) is 0 Å². The van der Waals surface area contributed by atoms with Gasteiger partial charge in [-0.05, 0) is 43.7 Å². The first-order valence-corrected chi connectivity index (χ1v) is 10.8. The van der Waals surface area contributed by atoms with Gasteiger partial charge < -0.3 is 15.4 Å². The fraction of sp³-hybridized carbons (Fsp3) is 0.619. The molecule has 148 valence electrons. The molecule has 0 radical (unpaired) electrons. The van der Waals surface area contributed by atoms with Crippen molar-refractivity contribution < 1.29 is 9.53 Å². The van der Waals surface area contributed by atoms with E-state index in [1.807, 2.05) is 12.3 Å². The van der Waals surface area contributed by atoms with Gasteiger partial charge in [-0.3, -0.25) is 4.79 Å². The van der Waals surface area contributed by atoms with E-state index in [4.69, 9.17) is 4.74 Å². The van der Waals surface area contributed by atoms with E-state index in [9.17, 15) is 4.79 Å². The van der Waals surface area contributed by atoms with Crippen LogP contribution >= 0.6 is 11.3 Å². The predicted octanol–water partition coefficient (Wildman–Crippen LogP) is 3.62. The third-order valence-corrected chi connectivity index (χ3v) is 6.46. The Morgan fingerprint density at radius 1 is 1.52 bits per heavy atom. The van der Waals surface area contributed by atoms with Gasteiger partial charge in [-0.2, -0.15) is 0 Å². The highest BCUT2D eigenvalue weighted by molar-refractivity contribution is 7.09. The van der Waals surface area contributed by atoms with Crippen LogP contribution in [0.2, 0.25) is 0 Å². The number of methoxy groups -OCH3 is 1. The number of nitrogens with one attached hydrogen (secondary N) is 2. The molecule has 1 aromatic heterocycles. The highest BCUT2D eigenvalue weighted by Gasteiger charge is 2.34. The number of ether oxygens (including phenoxy) is 1. The predicted molar refractivity (Wildman–Crippen MR) is 110 cm³/mol. The highest BCUT2D eigenvalue weighted by Crippen LogP contribution is 2.28. The largest absolute Gasteiger partial charge is 0.379 e. The van der Waals surface area contributed by atoms with Crippen LogP contribution in [0.25, 0.3) is 0 Å². The summed E-state index contributed by atoms with van der Waals surface area (Å²) >= 11 is 1.59. The lowest BCUT2D eigenvalue weighted by atomic mass is 9.93. The third-order valence-electron chi connectivity index (χ3n) is 5.57. The lowest BCUT2D eigenvalue weighted by molar-refractivity contribution is -0.130. The summed E-state index contributed by atoms with van der Waals surface area (Å²) < 4.78 is 5.69. The van der Waals surface area contributed by atoms with Gasteiger partial charge in [0.2, 0.25) is 5.91 Å². The number of thiazole rings is 1. The quantitative estimate of drug-likeness (QED) is 0.713. The van der Waals surface area contributed by atoms with Gasteiger partial charge in [0.05, 0.1) is 18.1 Å². The molecule has 5 nitrogen and oxygen atoms in total. The van der Waals surface area contributed by atoms with E-state index in [1.165, 1.54) is 5.57 Å². The monoisotopic (exact) mass is 389 g/mol. The van der Waals surface area contributed by atoms with Crippen LogP contribution in [-0.2, 0) is 9.53 Å². The number of hydrogen-bond donors (Lipinski definition) is 2. The van der Waals surface area contributed by atoms with Gasteiger partial charge in [0.15, 0.2) is 0 Å². The van der Waals surface area contributed by atoms with Crippen molar-refractivity contribution in [3.63, 3.8) is 0 Å². The molecule has 0 spiro atoms. The summed E-state index contributed by atoms with van der Waals surface area (Å²) in [5.41, 5.74) is 1.27. The van der Waals surface area contributed by atoms with E-state index in [1.54, 1.807) is 24.6 Å². The van der Waals surface area contributed by atoms with E-state index in [0.717, 1.165) is 37.2 Å². The SMILES string of the molecule is COC(C1CCCN1)C(C)C(=O)NC(CC1=CCC(C)C=C1)c1nccs1. The van der Waals surface area contributed by atoms with E-state index >= 15 is 0 Å². The maximum absolute atomic E-state index is 13.0. The highest BCUT2D eigenvalue weighted by atomic mass is 32.1. The molecular weight excluding hydrogens is 358 g/mol. The third kappa shape index (κ3) is 5.27. The number of allylic oxidation sites excluding steroid dienone is 3. The number of carbonyl (C=O) groups excluding carboxylic acids is 1. The molecule has 2 aliphatic rings. The number of nitrogens with zero attached hydrogens (tertiary/aromatic N) is 1. The standard InChI is InChI=1S/C21H31N3O2S/c1-14-6-8-16(9-7-14)13-18(21-23-11-12-27-21)24-20(25)15(2)19(26-3)17-5-4-10-22-17/h6,8-9,11-12,14-15,17-19,22H,4-5,7,10,13H2,1-3H3,(H,24,25). The maximum atomic E-state index is 13.0. The summed E-state index contributed by atoms with van der Waals surface area (Å²) in [5, 5.41) is 9.62. The fourth-order valence-electron chi connectivity index (χ4n) is 3.93. The molecule has 1 amide bonds. The average Bonchev–Trinajstić information content (AvgIpc) is 3.37. The molecule has 2 heterocycles. The van der Waals surface area contributed by atoms with E-state index < -0.39 is 0 Å². The fourth-order valence-corrected chi connectivity index (χ4v) is 4.62. The van der Waals surface area contributed by atoms with E-state index in [-0.39, 0.29) is 30.0 Å². The molecule has 2 N–H and O–H groups in total. The molecule has 5 atom stereocenters. The zero-order chi connectivity index (χ0) is 19.2. The zero-order valence-corrected chi connectivity index (χ0v) is 17.3. The van der Waals surface area contributed by atoms with Crippen molar-refractivity contribution in [1.82, 2.24) is 15.6 Å². The topological polar surface area (TPSA) is 63.2 Å². The molecule has 3 rings (SSSR count). The Balaban J connectivity index is 1.67. The van der Waals surface area contributed by atoms with Crippen molar-refractivity contribution in [2.24, 2.45) is 11.8 Å². The van der Waals surface area contributed by atoms with Crippen LogP contribution < -0.4 is 10.6 Å². The lowest BCUT2D eigenvalue weighted by Gasteiger charge is -2.29. The van der Waals surface area contributed by atoms with Crippen LogP contribution in [0.5, 0.6) is 0 Å². The minimum absolute atomic E-state index is 0.0320. The van der Waals surface area contributed by atoms with Crippen molar-refractivity contribution in [2.75, 3.05) is 13.7 Å². The van der Waals surface area contributed by atoms with Gasteiger partial charge in [-0.15, -0.1) is 11.3 Å². The minimum Gasteiger partial charge on any atom is -0.379 e. The van der Waals surface area contributed by atoms with Crippen LogP contribution in [0.1, 0.15) is 50.6 Å². The first-order chi connectivity index (χ1) is 13.1. The van der Waals surface area contributed by atoms with Gasteiger partial charge in [-0.25, -0.2) is 4.98 Å². The number of aromatic nitrogens is 1. The lowest BCUT2D eigenvalue weighted by Crippen LogP contribution is -2.47. The summed E-state index contributed by atoms with van der Waals surface area (Å²) in [6.45, 7) is 5.18. The Bertz CT molecular complexity index is 665. The second-order valence-corrected chi connectivity index (χ2v) is 8.60. The minimum atomic E-state index is -0.219. The van der Waals surface area contributed by atoms with Gasteiger partial charge in [0, 0.05) is 24.7 Å². The summed E-state index contributed by atoms with van der Waals surface area (Å²) in [6, 6.07) is 0.151. The normalized spacial score (nSPS) is 25.7. The molecule has 0 bridgehead atoms. The summed E-state index contributed by atoms with van der Waals surface area (Å²) in [6.07, 6.45) is 12.4. The van der Waals surface area contributed by atoms with Crippen molar-refractivity contribution in [3.8, 4) is 0 Å². The van der Waals surface area contributed by atoms with Crippen molar-refractivity contribution in [3.05, 3.63) is 40.4 Å². The summed E-state index contributed by atoms with van der Waals surface area (Å²) in [4.78, 5) is 17.5. The number of rotatable bonds is 8. The Labute approximate surface area is 166 Å². The molecule has 5 unspecified atom stereocenters. The Morgan fingerprint density at radius 3 is 2.96 bits per heavy atom. The van der Waals surface area contributed by atoms with Crippen LogP contribution in [0, 0.1) is 11.8 Å². The van der Waals surface area contributed by atoms with Gasteiger partial charge in [-0.1, -0.05) is 32.1 Å². The smallest absolute Gasteiger partial charge is 0.226 e. The Kier molecular flexibility index (Phi) is 7.21. The van der Waals surface area contributed by atoms with Crippen LogP contribution in [0.4, 0.5) is 0 Å². The average molecular weight is 390 g/mol. The molecule has 0 saturated carbocycles. The zero-order valence-electron chi connectivity index (χ0n) is 16.5. The van der Waals surface area contributed by atoms with E-state index in [0.29, 0.717) is 5.92 Å². The number of hydrogen-bond acceptors (Lipinski definition) is 5. The first-order valence-electron chi connectivity index (χ1n) is 9.91.